The monoisotopic (exact) mass is 173 g/mol. The molecule has 0 saturated carbocycles. The Kier molecular flexibility index (Phi) is 1.84. The van der Waals surface area contributed by atoms with Gasteiger partial charge in [-0.25, -0.2) is 10.2 Å². The third-order valence-electron chi connectivity index (χ3n) is 1.60. The van der Waals surface area contributed by atoms with Gasteiger partial charge in [0.05, 0.1) is 11.9 Å². The minimum absolute atomic E-state index is 0.392. The van der Waals surface area contributed by atoms with Crippen molar-refractivity contribution in [2.45, 2.75) is 0 Å². The molecule has 2 aromatic rings. The van der Waals surface area contributed by atoms with Crippen molar-refractivity contribution >= 4 is 5.82 Å². The molecular weight excluding hydrogens is 166 g/mol. The van der Waals surface area contributed by atoms with E-state index in [-0.39, 0.29) is 0 Å². The van der Waals surface area contributed by atoms with Gasteiger partial charge in [-0.3, -0.25) is 4.98 Å². The van der Waals surface area contributed by atoms with Crippen LogP contribution in [-0.4, -0.2) is 14.8 Å². The van der Waals surface area contributed by atoms with Gasteiger partial charge in [0.15, 0.2) is 5.82 Å². The fourth-order valence-corrected chi connectivity index (χ4v) is 1.01. The molecule has 13 heavy (non-hydrogen) atoms. The lowest BCUT2D eigenvalue weighted by atomic mass is 10.4. The highest BCUT2D eigenvalue weighted by Gasteiger charge is 1.98. The molecular formula is C8H7N5. The number of rotatable bonds is 2. The summed E-state index contributed by atoms with van der Waals surface area (Å²) in [5.74, 6) is 0.392. The summed E-state index contributed by atoms with van der Waals surface area (Å²) in [4.78, 5) is 3.96. The first-order valence-corrected chi connectivity index (χ1v) is 3.74. The van der Waals surface area contributed by atoms with Crippen molar-refractivity contribution in [1.29, 1.82) is 5.53 Å². The molecule has 2 aromatic heterocycles. The first-order chi connectivity index (χ1) is 6.40. The van der Waals surface area contributed by atoms with Crippen molar-refractivity contribution in [1.82, 2.24) is 14.8 Å². The topological polar surface area (TPSA) is 66.9 Å². The van der Waals surface area contributed by atoms with Crippen LogP contribution in [0.2, 0.25) is 0 Å². The molecule has 0 spiro atoms. The minimum atomic E-state index is 0.392. The van der Waals surface area contributed by atoms with Gasteiger partial charge in [-0.1, -0.05) is 0 Å². The molecule has 0 unspecified atom stereocenters. The van der Waals surface area contributed by atoms with E-state index in [1.165, 1.54) is 0 Å². The van der Waals surface area contributed by atoms with Gasteiger partial charge >= 0.3 is 0 Å². The summed E-state index contributed by atoms with van der Waals surface area (Å²) >= 11 is 0. The van der Waals surface area contributed by atoms with Crippen molar-refractivity contribution in [3.05, 3.63) is 36.8 Å². The quantitative estimate of drug-likeness (QED) is 0.705. The molecule has 0 saturated heterocycles. The maximum atomic E-state index is 6.75. The van der Waals surface area contributed by atoms with Gasteiger partial charge in [-0.15, -0.1) is 10.2 Å². The first kappa shape index (κ1) is 7.60. The average molecular weight is 173 g/mol. The SMILES string of the molecule is N=Nc1ccn(-c2cccnc2)n1. The summed E-state index contributed by atoms with van der Waals surface area (Å²) in [5, 5.41) is 7.24. The molecule has 2 heterocycles. The molecule has 1 N–H and O–H groups in total. The van der Waals surface area contributed by atoms with E-state index in [0.29, 0.717) is 5.82 Å². The van der Waals surface area contributed by atoms with E-state index in [1.54, 1.807) is 29.3 Å². The predicted octanol–water partition coefficient (Wildman–Crippen LogP) is 1.93. The predicted molar refractivity (Wildman–Crippen MR) is 46.2 cm³/mol. The zero-order valence-corrected chi connectivity index (χ0v) is 6.75. The summed E-state index contributed by atoms with van der Waals surface area (Å²) in [6, 6.07) is 5.38. The summed E-state index contributed by atoms with van der Waals surface area (Å²) in [6.07, 6.45) is 5.13. The Labute approximate surface area is 74.6 Å². The molecule has 0 amide bonds. The summed E-state index contributed by atoms with van der Waals surface area (Å²) in [7, 11) is 0. The van der Waals surface area contributed by atoms with Gasteiger partial charge in [0.2, 0.25) is 0 Å². The lowest BCUT2D eigenvalue weighted by Gasteiger charge is -1.97. The fraction of sp³-hybridized carbons (Fsp3) is 0. The molecule has 0 radical (unpaired) electrons. The number of nitrogens with one attached hydrogen (secondary N) is 1. The van der Waals surface area contributed by atoms with E-state index >= 15 is 0 Å². The van der Waals surface area contributed by atoms with E-state index < -0.39 is 0 Å². The molecule has 5 nitrogen and oxygen atoms in total. The van der Waals surface area contributed by atoms with Gasteiger partial charge < -0.3 is 0 Å². The Hall–Kier alpha value is -2.04. The van der Waals surface area contributed by atoms with Crippen LogP contribution in [-0.2, 0) is 0 Å². The molecule has 0 aliphatic carbocycles. The van der Waals surface area contributed by atoms with Gasteiger partial charge in [0.1, 0.15) is 0 Å². The van der Waals surface area contributed by atoms with Crippen LogP contribution in [0.5, 0.6) is 0 Å². The third kappa shape index (κ3) is 1.44. The van der Waals surface area contributed by atoms with E-state index in [9.17, 15) is 0 Å². The van der Waals surface area contributed by atoms with Gasteiger partial charge in [-0.2, -0.15) is 0 Å². The van der Waals surface area contributed by atoms with Crippen LogP contribution < -0.4 is 0 Å². The first-order valence-electron chi connectivity index (χ1n) is 3.74. The Morgan fingerprint density at radius 3 is 2.92 bits per heavy atom. The van der Waals surface area contributed by atoms with Crippen LogP contribution >= 0.6 is 0 Å². The zero-order chi connectivity index (χ0) is 9.10. The number of aromatic nitrogens is 3. The van der Waals surface area contributed by atoms with Crippen LogP contribution in [0.1, 0.15) is 0 Å². The van der Waals surface area contributed by atoms with Crippen molar-refractivity contribution < 1.29 is 0 Å². The van der Waals surface area contributed by atoms with E-state index in [4.69, 9.17) is 5.53 Å². The molecule has 64 valence electrons. The number of pyridine rings is 1. The van der Waals surface area contributed by atoms with Crippen LogP contribution in [0.3, 0.4) is 0 Å². The highest BCUT2D eigenvalue weighted by molar-refractivity contribution is 5.31. The molecule has 0 aliphatic heterocycles. The summed E-state index contributed by atoms with van der Waals surface area (Å²) in [6.45, 7) is 0. The Bertz CT molecular complexity index is 405. The zero-order valence-electron chi connectivity index (χ0n) is 6.75. The van der Waals surface area contributed by atoms with Crippen molar-refractivity contribution in [2.24, 2.45) is 5.11 Å². The molecule has 0 atom stereocenters. The third-order valence-corrected chi connectivity index (χ3v) is 1.60. The van der Waals surface area contributed by atoms with Crippen LogP contribution in [0.25, 0.3) is 5.69 Å². The lowest BCUT2D eigenvalue weighted by Crippen LogP contribution is -1.93. The minimum Gasteiger partial charge on any atom is -0.262 e. The molecule has 0 aliphatic rings. The molecule has 0 aromatic carbocycles. The lowest BCUT2D eigenvalue weighted by molar-refractivity contribution is 0.865. The van der Waals surface area contributed by atoms with Crippen LogP contribution in [0.15, 0.2) is 41.9 Å². The van der Waals surface area contributed by atoms with Gasteiger partial charge in [0.25, 0.3) is 0 Å². The Morgan fingerprint density at radius 2 is 2.31 bits per heavy atom. The summed E-state index contributed by atoms with van der Waals surface area (Å²) < 4.78 is 1.63. The van der Waals surface area contributed by atoms with Crippen molar-refractivity contribution in [2.75, 3.05) is 0 Å². The second-order valence-electron chi connectivity index (χ2n) is 2.44. The molecule has 0 bridgehead atoms. The normalized spacial score (nSPS) is 9.85. The van der Waals surface area contributed by atoms with Crippen LogP contribution in [0.4, 0.5) is 5.82 Å². The fourth-order valence-electron chi connectivity index (χ4n) is 1.01. The number of nitrogens with zero attached hydrogens (tertiary/aromatic N) is 4. The standard InChI is InChI=1S/C8H7N5/c9-11-8-3-5-13(12-8)7-2-1-4-10-6-7/h1-6,9H. The Balaban J connectivity index is 2.41. The van der Waals surface area contributed by atoms with Crippen molar-refractivity contribution in [3.8, 4) is 5.69 Å². The van der Waals surface area contributed by atoms with E-state index in [1.807, 2.05) is 12.1 Å². The highest BCUT2D eigenvalue weighted by Crippen LogP contribution is 2.10. The average Bonchev–Trinajstić information content (AvgIpc) is 2.67. The van der Waals surface area contributed by atoms with Crippen LogP contribution in [0, 0.1) is 5.53 Å². The van der Waals surface area contributed by atoms with Gasteiger partial charge in [0, 0.05) is 18.5 Å². The number of hydrogen-bond donors (Lipinski definition) is 1. The Morgan fingerprint density at radius 1 is 1.38 bits per heavy atom. The molecule has 2 rings (SSSR count). The van der Waals surface area contributed by atoms with E-state index in [0.717, 1.165) is 5.69 Å². The highest BCUT2D eigenvalue weighted by atomic mass is 15.3. The smallest absolute Gasteiger partial charge is 0.195 e. The number of hydrogen-bond acceptors (Lipinski definition) is 4. The second kappa shape index (κ2) is 3.14. The maximum Gasteiger partial charge on any atom is 0.195 e. The second-order valence-corrected chi connectivity index (χ2v) is 2.44. The maximum absolute atomic E-state index is 6.75. The van der Waals surface area contributed by atoms with E-state index in [2.05, 4.69) is 15.2 Å². The summed E-state index contributed by atoms with van der Waals surface area (Å²) in [5.41, 5.74) is 7.61. The molecule has 5 heteroatoms. The van der Waals surface area contributed by atoms with Gasteiger partial charge in [-0.05, 0) is 12.1 Å². The van der Waals surface area contributed by atoms with Crippen molar-refractivity contribution in [3.63, 3.8) is 0 Å². The largest absolute Gasteiger partial charge is 0.262 e. The molecule has 0 fully saturated rings.